The van der Waals surface area contributed by atoms with E-state index in [4.69, 9.17) is 0 Å². The lowest BCUT2D eigenvalue weighted by molar-refractivity contribution is 1.17. The van der Waals surface area contributed by atoms with E-state index in [0.717, 1.165) is 6.42 Å². The number of hydrogen-bond acceptors (Lipinski definition) is 1. The fraction of sp³-hybridized carbons (Fsp3) is 0.400. The lowest BCUT2D eigenvalue weighted by Crippen LogP contribution is -1.89. The monoisotopic (exact) mass is 215 g/mol. The maximum absolute atomic E-state index is 4.07. The first-order valence-electron chi connectivity index (χ1n) is 5.73. The summed E-state index contributed by atoms with van der Waals surface area (Å²) in [7, 11) is 1.81. The average molecular weight is 215 g/mol. The van der Waals surface area contributed by atoms with Crippen molar-refractivity contribution in [3.63, 3.8) is 0 Å². The highest BCUT2D eigenvalue weighted by Crippen LogP contribution is 2.31. The Kier molecular flexibility index (Phi) is 4.48. The zero-order valence-corrected chi connectivity index (χ0v) is 11.0. The Morgan fingerprint density at radius 2 is 2.06 bits per heavy atom. The molecule has 0 radical (unpaired) electrons. The van der Waals surface area contributed by atoms with Crippen LogP contribution in [0.15, 0.2) is 51.1 Å². The van der Waals surface area contributed by atoms with Crippen LogP contribution in [0, 0.1) is 0 Å². The van der Waals surface area contributed by atoms with Crippen molar-refractivity contribution < 1.29 is 0 Å². The highest BCUT2D eigenvalue weighted by molar-refractivity contribution is 5.80. The van der Waals surface area contributed by atoms with Gasteiger partial charge in [-0.25, -0.2) is 0 Å². The van der Waals surface area contributed by atoms with Gasteiger partial charge in [0.25, 0.3) is 0 Å². The summed E-state index contributed by atoms with van der Waals surface area (Å²) in [4.78, 5) is 4.07. The van der Waals surface area contributed by atoms with Gasteiger partial charge < -0.3 is 0 Å². The first kappa shape index (κ1) is 12.7. The summed E-state index contributed by atoms with van der Waals surface area (Å²) in [5.41, 5.74) is 6.81. The fourth-order valence-electron chi connectivity index (χ4n) is 2.01. The Hall–Kier alpha value is -1.37. The average Bonchev–Trinajstić information content (AvgIpc) is 2.59. The van der Waals surface area contributed by atoms with Crippen molar-refractivity contribution in [2.45, 2.75) is 34.1 Å². The number of allylic oxidation sites excluding steroid dienone is 8. The first-order chi connectivity index (χ1) is 7.60. The van der Waals surface area contributed by atoms with Crippen LogP contribution in [0.5, 0.6) is 0 Å². The van der Waals surface area contributed by atoms with E-state index in [1.807, 2.05) is 13.3 Å². The molecule has 1 nitrogen and oxygen atoms in total. The van der Waals surface area contributed by atoms with Crippen LogP contribution in [-0.2, 0) is 0 Å². The molecule has 86 valence electrons. The largest absolute Gasteiger partial charge is 0.296 e. The summed E-state index contributed by atoms with van der Waals surface area (Å²) in [5.74, 6) is 0. The molecule has 1 rings (SSSR count). The van der Waals surface area contributed by atoms with Gasteiger partial charge in [0, 0.05) is 13.3 Å². The molecule has 0 N–H and O–H groups in total. The third-order valence-electron chi connectivity index (χ3n) is 2.96. The Balaban J connectivity index is 3.05. The molecule has 0 spiro atoms. The zero-order valence-electron chi connectivity index (χ0n) is 11.0. The molecule has 1 heteroatoms. The molecule has 1 aliphatic carbocycles. The topological polar surface area (TPSA) is 12.4 Å². The lowest BCUT2D eigenvalue weighted by Gasteiger charge is -2.05. The van der Waals surface area contributed by atoms with Crippen LogP contribution in [0.4, 0.5) is 0 Å². The molecule has 0 saturated heterocycles. The van der Waals surface area contributed by atoms with Gasteiger partial charge in [-0.2, -0.15) is 0 Å². The molecule has 0 unspecified atom stereocenters. The van der Waals surface area contributed by atoms with Crippen LogP contribution in [0.25, 0.3) is 0 Å². The van der Waals surface area contributed by atoms with E-state index in [1.54, 1.807) is 0 Å². The van der Waals surface area contributed by atoms with Crippen molar-refractivity contribution in [3.05, 3.63) is 46.1 Å². The first-order valence-corrected chi connectivity index (χ1v) is 5.73. The van der Waals surface area contributed by atoms with E-state index in [1.165, 1.54) is 27.9 Å². The summed E-state index contributed by atoms with van der Waals surface area (Å²) in [6, 6.07) is 0. The van der Waals surface area contributed by atoms with Crippen LogP contribution in [0.1, 0.15) is 34.1 Å². The molecule has 0 saturated carbocycles. The van der Waals surface area contributed by atoms with Gasteiger partial charge in [-0.3, -0.25) is 4.99 Å². The van der Waals surface area contributed by atoms with Crippen LogP contribution in [0.3, 0.4) is 0 Å². The number of aliphatic imine (C=N–C) groups is 1. The smallest absolute Gasteiger partial charge is 0.0277 e. The van der Waals surface area contributed by atoms with E-state index in [-0.39, 0.29) is 0 Å². The Morgan fingerprint density at radius 3 is 2.62 bits per heavy atom. The van der Waals surface area contributed by atoms with Crippen molar-refractivity contribution in [1.82, 2.24) is 0 Å². The predicted octanol–water partition coefficient (Wildman–Crippen LogP) is 4.25. The second-order valence-electron chi connectivity index (χ2n) is 4.29. The molecule has 0 atom stereocenters. The van der Waals surface area contributed by atoms with E-state index >= 15 is 0 Å². The van der Waals surface area contributed by atoms with E-state index in [9.17, 15) is 0 Å². The number of hydrogen-bond donors (Lipinski definition) is 0. The van der Waals surface area contributed by atoms with Gasteiger partial charge in [-0.1, -0.05) is 23.8 Å². The van der Waals surface area contributed by atoms with Gasteiger partial charge >= 0.3 is 0 Å². The minimum Gasteiger partial charge on any atom is -0.296 e. The van der Waals surface area contributed by atoms with Gasteiger partial charge in [0.2, 0.25) is 0 Å². The number of rotatable bonds is 3. The SMILES string of the molecule is C/C=C/C1=CC(/C(C)=C(C)/C=N\C)=C(C)C1. The molecular weight excluding hydrogens is 194 g/mol. The zero-order chi connectivity index (χ0) is 12.1. The second-order valence-corrected chi connectivity index (χ2v) is 4.29. The van der Waals surface area contributed by atoms with Gasteiger partial charge in [0.1, 0.15) is 0 Å². The summed E-state index contributed by atoms with van der Waals surface area (Å²) < 4.78 is 0. The van der Waals surface area contributed by atoms with Crippen molar-refractivity contribution in [1.29, 1.82) is 0 Å². The molecule has 1 aliphatic rings. The third kappa shape index (κ3) is 2.82. The maximum Gasteiger partial charge on any atom is 0.0277 e. The van der Waals surface area contributed by atoms with Crippen LogP contribution in [-0.4, -0.2) is 13.3 Å². The molecular formula is C15H21N. The quantitative estimate of drug-likeness (QED) is 0.624. The Labute approximate surface area is 99.0 Å². The van der Waals surface area contributed by atoms with Crippen molar-refractivity contribution >= 4 is 6.21 Å². The van der Waals surface area contributed by atoms with Gasteiger partial charge in [0.15, 0.2) is 0 Å². The summed E-state index contributed by atoms with van der Waals surface area (Å²) in [6.45, 7) is 8.56. The number of nitrogens with zero attached hydrogens (tertiary/aromatic N) is 1. The lowest BCUT2D eigenvalue weighted by atomic mass is 10.0. The molecule has 0 amide bonds. The minimum absolute atomic E-state index is 1.08. The Morgan fingerprint density at radius 1 is 1.38 bits per heavy atom. The molecule has 0 bridgehead atoms. The van der Waals surface area contributed by atoms with Gasteiger partial charge in [-0.15, -0.1) is 0 Å². The Bertz CT molecular complexity index is 415. The van der Waals surface area contributed by atoms with Gasteiger partial charge in [0.05, 0.1) is 0 Å². The maximum atomic E-state index is 4.07. The van der Waals surface area contributed by atoms with Crippen molar-refractivity contribution in [2.75, 3.05) is 7.05 Å². The predicted molar refractivity (Wildman–Crippen MR) is 73.0 cm³/mol. The molecule has 0 aromatic rings. The fourth-order valence-corrected chi connectivity index (χ4v) is 2.01. The standard InChI is InChI=1S/C15H21N/c1-6-7-14-8-11(2)15(9-14)13(4)12(3)10-16-5/h6-7,9-10H,8H2,1-5H3/b7-6+,13-12+,16-10-. The van der Waals surface area contributed by atoms with Crippen LogP contribution >= 0.6 is 0 Å². The third-order valence-corrected chi connectivity index (χ3v) is 2.96. The summed E-state index contributed by atoms with van der Waals surface area (Å²) >= 11 is 0. The normalized spacial score (nSPS) is 18.7. The van der Waals surface area contributed by atoms with Crippen molar-refractivity contribution in [2.24, 2.45) is 4.99 Å². The molecule has 0 aromatic carbocycles. The minimum atomic E-state index is 1.08. The van der Waals surface area contributed by atoms with Crippen molar-refractivity contribution in [3.8, 4) is 0 Å². The van der Waals surface area contributed by atoms with Gasteiger partial charge in [-0.05, 0) is 56.4 Å². The molecule has 0 aromatic heterocycles. The van der Waals surface area contributed by atoms with E-state index in [2.05, 4.69) is 50.9 Å². The van der Waals surface area contributed by atoms with Crippen LogP contribution < -0.4 is 0 Å². The highest BCUT2D eigenvalue weighted by atomic mass is 14.6. The summed E-state index contributed by atoms with van der Waals surface area (Å²) in [6.07, 6.45) is 9.58. The van der Waals surface area contributed by atoms with E-state index in [0.29, 0.717) is 0 Å². The van der Waals surface area contributed by atoms with Crippen LogP contribution in [0.2, 0.25) is 0 Å². The highest BCUT2D eigenvalue weighted by Gasteiger charge is 2.12. The molecule has 0 aliphatic heterocycles. The van der Waals surface area contributed by atoms with E-state index < -0.39 is 0 Å². The second kappa shape index (κ2) is 5.64. The molecule has 0 fully saturated rings. The molecule has 0 heterocycles. The molecule has 16 heavy (non-hydrogen) atoms. The summed E-state index contributed by atoms with van der Waals surface area (Å²) in [5, 5.41) is 0.